The van der Waals surface area contributed by atoms with Gasteiger partial charge in [-0.3, -0.25) is 5.10 Å². The Bertz CT molecular complexity index is 974. The number of anilines is 2. The topological polar surface area (TPSA) is 73.1 Å². The van der Waals surface area contributed by atoms with E-state index < -0.39 is 17.7 Å². The number of likely N-dealkylation sites (tertiary alicyclic amines) is 1. The molecule has 0 saturated carbocycles. The Morgan fingerprint density at radius 1 is 1.22 bits per heavy atom. The van der Waals surface area contributed by atoms with Gasteiger partial charge in [-0.15, -0.1) is 0 Å². The number of piperidine rings is 1. The lowest BCUT2D eigenvalue weighted by atomic mass is 10.1. The molecular formula is C19H19F2N5O. The van der Waals surface area contributed by atoms with Crippen LogP contribution in [-0.2, 0) is 0 Å². The molecule has 27 heavy (non-hydrogen) atoms. The largest absolute Gasteiger partial charge is 0.381 e. The van der Waals surface area contributed by atoms with Crippen LogP contribution in [0.5, 0.6) is 0 Å². The fraction of sp³-hybridized carbons (Fsp3) is 0.263. The Morgan fingerprint density at radius 3 is 3.00 bits per heavy atom. The highest BCUT2D eigenvalue weighted by molar-refractivity contribution is 5.89. The van der Waals surface area contributed by atoms with Crippen molar-refractivity contribution in [1.82, 2.24) is 15.1 Å². The van der Waals surface area contributed by atoms with Gasteiger partial charge in [0.1, 0.15) is 11.6 Å². The van der Waals surface area contributed by atoms with Crippen LogP contribution in [0.2, 0.25) is 0 Å². The van der Waals surface area contributed by atoms with Crippen LogP contribution in [-0.4, -0.2) is 40.3 Å². The summed E-state index contributed by atoms with van der Waals surface area (Å²) in [6.45, 7) is 1.05. The molecule has 0 aliphatic carbocycles. The summed E-state index contributed by atoms with van der Waals surface area (Å²) in [6.07, 6.45) is 3.50. The number of amides is 2. The van der Waals surface area contributed by atoms with E-state index in [0.29, 0.717) is 13.1 Å². The van der Waals surface area contributed by atoms with Gasteiger partial charge < -0.3 is 15.5 Å². The van der Waals surface area contributed by atoms with Crippen LogP contribution < -0.4 is 10.6 Å². The Balaban J connectivity index is 1.41. The minimum atomic E-state index is -0.662. The Morgan fingerprint density at radius 2 is 2.11 bits per heavy atom. The van der Waals surface area contributed by atoms with E-state index in [1.807, 2.05) is 18.2 Å². The van der Waals surface area contributed by atoms with Crippen molar-refractivity contribution in [2.45, 2.75) is 18.9 Å². The third-order valence-corrected chi connectivity index (χ3v) is 4.69. The van der Waals surface area contributed by atoms with E-state index in [4.69, 9.17) is 0 Å². The molecule has 1 aromatic heterocycles. The van der Waals surface area contributed by atoms with Crippen LogP contribution in [0.3, 0.4) is 0 Å². The molecule has 1 fully saturated rings. The zero-order valence-electron chi connectivity index (χ0n) is 14.5. The van der Waals surface area contributed by atoms with E-state index in [9.17, 15) is 13.6 Å². The lowest BCUT2D eigenvalue weighted by Crippen LogP contribution is -2.46. The number of aromatic amines is 1. The second-order valence-corrected chi connectivity index (χ2v) is 6.66. The molecule has 1 aliphatic rings. The highest BCUT2D eigenvalue weighted by Crippen LogP contribution is 2.21. The number of benzene rings is 2. The van der Waals surface area contributed by atoms with Gasteiger partial charge in [0.25, 0.3) is 0 Å². The quantitative estimate of drug-likeness (QED) is 0.653. The molecule has 1 saturated heterocycles. The monoisotopic (exact) mass is 371 g/mol. The lowest BCUT2D eigenvalue weighted by Gasteiger charge is -2.33. The zero-order chi connectivity index (χ0) is 18.8. The predicted octanol–water partition coefficient (Wildman–Crippen LogP) is 3.95. The number of H-pyrrole nitrogens is 1. The number of hydrogen-bond donors (Lipinski definition) is 3. The molecule has 0 bridgehead atoms. The summed E-state index contributed by atoms with van der Waals surface area (Å²) in [6, 6.07) is 8.54. The summed E-state index contributed by atoms with van der Waals surface area (Å²) in [5, 5.41) is 13.8. The van der Waals surface area contributed by atoms with E-state index in [-0.39, 0.29) is 11.7 Å². The van der Waals surface area contributed by atoms with Gasteiger partial charge in [-0.05, 0) is 43.2 Å². The van der Waals surface area contributed by atoms with E-state index in [1.165, 1.54) is 0 Å². The van der Waals surface area contributed by atoms with Crippen LogP contribution in [0.15, 0.2) is 42.6 Å². The molecule has 2 heterocycles. The standard InChI is InChI=1S/C19H19F2N5O/c20-13-3-5-16(21)18(9-13)24-19(27)26-7-1-2-15(11-26)23-14-4-6-17-12(8-14)10-22-25-17/h3-6,8-10,15,23H,1-2,7,11H2,(H,22,25)(H,24,27). The molecule has 2 amide bonds. The molecule has 3 N–H and O–H groups in total. The van der Waals surface area contributed by atoms with Crippen LogP contribution in [0.25, 0.3) is 10.9 Å². The van der Waals surface area contributed by atoms with Crippen LogP contribution in [0, 0.1) is 11.6 Å². The maximum absolute atomic E-state index is 13.7. The molecule has 4 rings (SSSR count). The number of nitrogens with one attached hydrogen (secondary N) is 3. The van der Waals surface area contributed by atoms with Crippen molar-refractivity contribution in [3.05, 3.63) is 54.2 Å². The van der Waals surface area contributed by atoms with Gasteiger partial charge in [0, 0.05) is 36.3 Å². The first-order valence-electron chi connectivity index (χ1n) is 8.79. The Hall–Kier alpha value is -3.16. The van der Waals surface area contributed by atoms with Crippen molar-refractivity contribution < 1.29 is 13.6 Å². The van der Waals surface area contributed by atoms with Crippen molar-refractivity contribution in [2.75, 3.05) is 23.7 Å². The zero-order valence-corrected chi connectivity index (χ0v) is 14.5. The Kier molecular flexibility index (Phi) is 4.62. The number of hydrogen-bond acceptors (Lipinski definition) is 3. The molecule has 2 aromatic carbocycles. The second kappa shape index (κ2) is 7.22. The molecule has 6 nitrogen and oxygen atoms in total. The smallest absolute Gasteiger partial charge is 0.321 e. The van der Waals surface area contributed by atoms with Crippen LogP contribution in [0.1, 0.15) is 12.8 Å². The van der Waals surface area contributed by atoms with E-state index >= 15 is 0 Å². The van der Waals surface area contributed by atoms with E-state index in [0.717, 1.165) is 47.6 Å². The van der Waals surface area contributed by atoms with Crippen LogP contribution >= 0.6 is 0 Å². The van der Waals surface area contributed by atoms with Gasteiger partial charge in [0.2, 0.25) is 0 Å². The first-order valence-corrected chi connectivity index (χ1v) is 8.79. The maximum Gasteiger partial charge on any atom is 0.321 e. The number of nitrogens with zero attached hydrogens (tertiary/aromatic N) is 2. The average Bonchev–Trinajstić information content (AvgIpc) is 3.13. The number of urea groups is 1. The molecule has 140 valence electrons. The van der Waals surface area contributed by atoms with Gasteiger partial charge in [0.15, 0.2) is 0 Å². The van der Waals surface area contributed by atoms with Gasteiger partial charge in [-0.1, -0.05) is 0 Å². The average molecular weight is 371 g/mol. The first kappa shape index (κ1) is 17.3. The van der Waals surface area contributed by atoms with Gasteiger partial charge >= 0.3 is 6.03 Å². The molecule has 1 aliphatic heterocycles. The lowest BCUT2D eigenvalue weighted by molar-refractivity contribution is 0.196. The minimum Gasteiger partial charge on any atom is -0.381 e. The number of rotatable bonds is 3. The van der Waals surface area contributed by atoms with Crippen molar-refractivity contribution in [3.8, 4) is 0 Å². The van der Waals surface area contributed by atoms with Crippen LogP contribution in [0.4, 0.5) is 25.0 Å². The number of fused-ring (bicyclic) bond motifs is 1. The third kappa shape index (κ3) is 3.84. The SMILES string of the molecule is O=C(Nc1cc(F)ccc1F)N1CCCC(Nc2ccc3[nH]ncc3c2)C1. The predicted molar refractivity (Wildman–Crippen MR) is 99.7 cm³/mol. The minimum absolute atomic E-state index is 0.0752. The summed E-state index contributed by atoms with van der Waals surface area (Å²) in [5.41, 5.74) is 1.76. The van der Waals surface area contributed by atoms with Crippen molar-refractivity contribution in [2.24, 2.45) is 0 Å². The number of carbonyl (C=O) groups excluding carboxylic acids is 1. The number of aromatic nitrogens is 2. The van der Waals surface area contributed by atoms with Crippen molar-refractivity contribution >= 4 is 28.3 Å². The fourth-order valence-corrected chi connectivity index (χ4v) is 3.34. The molecule has 1 unspecified atom stereocenters. The number of carbonyl (C=O) groups is 1. The second-order valence-electron chi connectivity index (χ2n) is 6.66. The fourth-order valence-electron chi connectivity index (χ4n) is 3.34. The van der Waals surface area contributed by atoms with Gasteiger partial charge in [0.05, 0.1) is 17.4 Å². The maximum atomic E-state index is 13.7. The van der Waals surface area contributed by atoms with Crippen molar-refractivity contribution in [1.29, 1.82) is 0 Å². The molecule has 1 atom stereocenters. The Labute approximate surface area is 154 Å². The van der Waals surface area contributed by atoms with Crippen molar-refractivity contribution in [3.63, 3.8) is 0 Å². The normalized spacial score (nSPS) is 17.1. The summed E-state index contributed by atoms with van der Waals surface area (Å²) in [5.74, 6) is -1.26. The number of halogens is 2. The summed E-state index contributed by atoms with van der Waals surface area (Å²) >= 11 is 0. The molecular weight excluding hydrogens is 352 g/mol. The summed E-state index contributed by atoms with van der Waals surface area (Å²) in [4.78, 5) is 14.1. The summed E-state index contributed by atoms with van der Waals surface area (Å²) in [7, 11) is 0. The highest BCUT2D eigenvalue weighted by Gasteiger charge is 2.24. The van der Waals surface area contributed by atoms with Gasteiger partial charge in [-0.25, -0.2) is 13.6 Å². The highest BCUT2D eigenvalue weighted by atomic mass is 19.1. The van der Waals surface area contributed by atoms with E-state index in [2.05, 4.69) is 20.8 Å². The van der Waals surface area contributed by atoms with Gasteiger partial charge in [-0.2, -0.15) is 5.10 Å². The molecule has 0 radical (unpaired) electrons. The third-order valence-electron chi connectivity index (χ3n) is 4.69. The molecule has 3 aromatic rings. The molecule has 0 spiro atoms. The molecule has 8 heteroatoms. The van der Waals surface area contributed by atoms with E-state index in [1.54, 1.807) is 11.1 Å². The summed E-state index contributed by atoms with van der Waals surface area (Å²) < 4.78 is 27.0. The first-order chi connectivity index (χ1) is 13.1.